The largest absolute Gasteiger partial charge is 0.352 e. The molecule has 1 aromatic carbocycles. The van der Waals surface area contributed by atoms with Crippen LogP contribution in [0.2, 0.25) is 0 Å². The third kappa shape index (κ3) is 4.82. The molecule has 2 aromatic heterocycles. The van der Waals surface area contributed by atoms with Crippen molar-refractivity contribution in [3.8, 4) is 0 Å². The topological polar surface area (TPSA) is 62.2 Å². The fourth-order valence-electron chi connectivity index (χ4n) is 4.86. The van der Waals surface area contributed by atoms with Crippen molar-refractivity contribution in [3.63, 3.8) is 0 Å². The van der Waals surface area contributed by atoms with Crippen LogP contribution in [0.5, 0.6) is 0 Å². The highest BCUT2D eigenvalue weighted by Crippen LogP contribution is 2.41. The van der Waals surface area contributed by atoms with Gasteiger partial charge in [-0.25, -0.2) is 4.39 Å². The number of rotatable bonds is 7. The number of aryl methyl sites for hydroxylation is 1. The second-order valence-electron chi connectivity index (χ2n) is 8.92. The Balaban J connectivity index is 1.61. The van der Waals surface area contributed by atoms with Crippen molar-refractivity contribution < 1.29 is 9.18 Å². The lowest BCUT2D eigenvalue weighted by Crippen LogP contribution is -2.33. The molecule has 4 rings (SSSR count). The Kier molecular flexibility index (Phi) is 6.97. The second-order valence-corrected chi connectivity index (χ2v) is 9.30. The smallest absolute Gasteiger partial charge is 0.226 e. The van der Waals surface area contributed by atoms with Gasteiger partial charge in [-0.15, -0.1) is 0 Å². The molecule has 6 nitrogen and oxygen atoms in total. The molecular formula is C26H30FN5OS. The fraction of sp³-hybridized carbons (Fsp3) is 0.346. The summed E-state index contributed by atoms with van der Waals surface area (Å²) < 4.78 is 15.5. The summed E-state index contributed by atoms with van der Waals surface area (Å²) in [5.74, 6) is -0.490. The van der Waals surface area contributed by atoms with Gasteiger partial charge in [0.2, 0.25) is 5.91 Å². The molecule has 0 saturated carbocycles. The van der Waals surface area contributed by atoms with E-state index < -0.39 is 0 Å². The highest BCUT2D eigenvalue weighted by molar-refractivity contribution is 7.80. The van der Waals surface area contributed by atoms with Gasteiger partial charge in [-0.05, 0) is 87.9 Å². The van der Waals surface area contributed by atoms with Gasteiger partial charge in [0.05, 0.1) is 17.8 Å². The van der Waals surface area contributed by atoms with Crippen molar-refractivity contribution in [2.75, 3.05) is 11.9 Å². The van der Waals surface area contributed by atoms with Crippen LogP contribution in [0.3, 0.4) is 0 Å². The molecule has 1 aliphatic heterocycles. The summed E-state index contributed by atoms with van der Waals surface area (Å²) in [6.45, 7) is 9.05. The molecule has 3 aromatic rings. The Morgan fingerprint density at radius 3 is 2.56 bits per heavy atom. The maximum absolute atomic E-state index is 13.2. The van der Waals surface area contributed by atoms with Gasteiger partial charge in [0, 0.05) is 42.3 Å². The second kappa shape index (κ2) is 9.93. The third-order valence-electron chi connectivity index (χ3n) is 6.26. The van der Waals surface area contributed by atoms with E-state index in [2.05, 4.69) is 58.8 Å². The Labute approximate surface area is 205 Å². The minimum absolute atomic E-state index is 0.0975. The number of pyridine rings is 1. The SMILES string of the molecule is Cc1cc([C@H]2[C@H](c3ccccn3)NC(=S)N2CCC(=O)Nc2ccc(F)cc2)c(C)n1C(C)C. The van der Waals surface area contributed by atoms with Gasteiger partial charge < -0.3 is 20.1 Å². The molecule has 1 amide bonds. The number of nitrogens with zero attached hydrogens (tertiary/aromatic N) is 3. The Bertz CT molecular complexity index is 1180. The number of carbonyl (C=O) groups is 1. The van der Waals surface area contributed by atoms with Crippen LogP contribution in [0.4, 0.5) is 10.1 Å². The lowest BCUT2D eigenvalue weighted by Gasteiger charge is -2.28. The quantitative estimate of drug-likeness (QED) is 0.455. The molecule has 3 heterocycles. The molecule has 34 heavy (non-hydrogen) atoms. The Morgan fingerprint density at radius 2 is 1.94 bits per heavy atom. The van der Waals surface area contributed by atoms with Crippen LogP contribution in [0.15, 0.2) is 54.7 Å². The molecule has 0 radical (unpaired) electrons. The predicted molar refractivity (Wildman–Crippen MR) is 136 cm³/mol. The zero-order valence-corrected chi connectivity index (χ0v) is 20.7. The number of hydrogen-bond donors (Lipinski definition) is 2. The monoisotopic (exact) mass is 479 g/mol. The first-order chi connectivity index (χ1) is 16.3. The van der Waals surface area contributed by atoms with Crippen LogP contribution in [-0.2, 0) is 4.79 Å². The number of benzene rings is 1. The number of amides is 1. The summed E-state index contributed by atoms with van der Waals surface area (Å²) in [6, 6.07) is 13.9. The molecule has 1 aliphatic rings. The average Bonchev–Trinajstić information content (AvgIpc) is 3.29. The van der Waals surface area contributed by atoms with E-state index in [1.807, 2.05) is 18.2 Å². The van der Waals surface area contributed by atoms with Crippen molar-refractivity contribution in [2.24, 2.45) is 0 Å². The number of nitrogens with one attached hydrogen (secondary N) is 2. The first-order valence-corrected chi connectivity index (χ1v) is 11.9. The number of halogens is 1. The van der Waals surface area contributed by atoms with Crippen LogP contribution in [0.25, 0.3) is 0 Å². The fourth-order valence-corrected chi connectivity index (χ4v) is 5.19. The van der Waals surface area contributed by atoms with Crippen molar-refractivity contribution in [2.45, 2.75) is 52.2 Å². The third-order valence-corrected chi connectivity index (χ3v) is 6.62. The minimum Gasteiger partial charge on any atom is -0.352 e. The summed E-state index contributed by atoms with van der Waals surface area (Å²) in [5.41, 5.74) is 5.02. The van der Waals surface area contributed by atoms with E-state index in [1.165, 1.54) is 29.1 Å². The lowest BCUT2D eigenvalue weighted by atomic mass is 9.96. The van der Waals surface area contributed by atoms with E-state index in [4.69, 9.17) is 12.2 Å². The number of thiocarbonyl (C=S) groups is 1. The van der Waals surface area contributed by atoms with Gasteiger partial charge in [0.1, 0.15) is 5.82 Å². The summed E-state index contributed by atoms with van der Waals surface area (Å²) >= 11 is 5.73. The van der Waals surface area contributed by atoms with Gasteiger partial charge in [-0.1, -0.05) is 6.07 Å². The molecule has 178 valence electrons. The van der Waals surface area contributed by atoms with E-state index in [-0.39, 0.29) is 30.2 Å². The molecule has 2 atom stereocenters. The highest BCUT2D eigenvalue weighted by atomic mass is 32.1. The lowest BCUT2D eigenvalue weighted by molar-refractivity contribution is -0.116. The van der Waals surface area contributed by atoms with Crippen LogP contribution < -0.4 is 10.6 Å². The molecule has 2 N–H and O–H groups in total. The number of carbonyl (C=O) groups excluding carboxylic acids is 1. The molecule has 1 fully saturated rings. The normalized spacial score (nSPS) is 17.8. The number of hydrogen-bond acceptors (Lipinski definition) is 3. The van der Waals surface area contributed by atoms with Gasteiger partial charge in [-0.3, -0.25) is 9.78 Å². The van der Waals surface area contributed by atoms with Gasteiger partial charge in [-0.2, -0.15) is 0 Å². The van der Waals surface area contributed by atoms with E-state index in [9.17, 15) is 9.18 Å². The number of aromatic nitrogens is 2. The Hall–Kier alpha value is -3.26. The highest BCUT2D eigenvalue weighted by Gasteiger charge is 2.41. The van der Waals surface area contributed by atoms with E-state index in [0.717, 1.165) is 5.69 Å². The van der Waals surface area contributed by atoms with E-state index in [0.29, 0.717) is 23.4 Å². The molecule has 0 aliphatic carbocycles. The van der Waals surface area contributed by atoms with Crippen molar-refractivity contribution in [3.05, 3.63) is 83.2 Å². The molecule has 0 bridgehead atoms. The maximum atomic E-state index is 13.2. The van der Waals surface area contributed by atoms with Crippen LogP contribution >= 0.6 is 12.2 Å². The Morgan fingerprint density at radius 1 is 1.21 bits per heavy atom. The van der Waals surface area contributed by atoms with Crippen molar-refractivity contribution >= 4 is 28.9 Å². The van der Waals surface area contributed by atoms with E-state index >= 15 is 0 Å². The summed E-state index contributed by atoms with van der Waals surface area (Å²) in [5, 5.41) is 6.88. The minimum atomic E-state index is -0.339. The van der Waals surface area contributed by atoms with E-state index in [1.54, 1.807) is 18.3 Å². The summed E-state index contributed by atoms with van der Waals surface area (Å²) in [6.07, 6.45) is 2.03. The maximum Gasteiger partial charge on any atom is 0.226 e. The van der Waals surface area contributed by atoms with Gasteiger partial charge >= 0.3 is 0 Å². The first kappa shape index (κ1) is 23.9. The standard InChI is InChI=1S/C26H30FN5OS/c1-16(2)32-17(3)15-21(18(32)4)25-24(22-7-5-6-13-28-22)30-26(34)31(25)14-12-23(33)29-20-10-8-19(27)9-11-20/h5-11,13,15-16,24-25H,12,14H2,1-4H3,(H,29,33)(H,30,34)/t24-,25-/m0/s1. The van der Waals surface area contributed by atoms with Gasteiger partial charge in [0.15, 0.2) is 5.11 Å². The van der Waals surface area contributed by atoms with Gasteiger partial charge in [0.25, 0.3) is 0 Å². The molecule has 0 unspecified atom stereocenters. The molecule has 1 saturated heterocycles. The van der Waals surface area contributed by atoms with Crippen molar-refractivity contribution in [1.82, 2.24) is 19.8 Å². The average molecular weight is 480 g/mol. The summed E-state index contributed by atoms with van der Waals surface area (Å²) in [7, 11) is 0. The number of anilines is 1. The summed E-state index contributed by atoms with van der Waals surface area (Å²) in [4.78, 5) is 19.3. The van der Waals surface area contributed by atoms with Crippen molar-refractivity contribution in [1.29, 1.82) is 0 Å². The molecule has 0 spiro atoms. The predicted octanol–water partition coefficient (Wildman–Crippen LogP) is 5.22. The van der Waals surface area contributed by atoms with Crippen LogP contribution in [0.1, 0.15) is 61.0 Å². The van der Waals surface area contributed by atoms with Crippen LogP contribution in [-0.4, -0.2) is 32.0 Å². The zero-order valence-electron chi connectivity index (χ0n) is 19.9. The molecular weight excluding hydrogens is 449 g/mol. The van der Waals surface area contributed by atoms with Crippen LogP contribution in [0, 0.1) is 19.7 Å². The first-order valence-electron chi connectivity index (χ1n) is 11.5. The zero-order chi connectivity index (χ0) is 24.4. The molecule has 8 heteroatoms.